The number of aromatic hydroxyl groups is 1. The minimum Gasteiger partial charge on any atom is -0.507 e. The molecule has 0 bridgehead atoms. The van der Waals surface area contributed by atoms with E-state index in [9.17, 15) is 9.50 Å². The summed E-state index contributed by atoms with van der Waals surface area (Å²) in [7, 11) is 0. The maximum Gasteiger partial charge on any atom is 0.141 e. The van der Waals surface area contributed by atoms with E-state index in [-0.39, 0.29) is 10.8 Å². The lowest BCUT2D eigenvalue weighted by atomic mass is 10.2. The Kier molecular flexibility index (Phi) is 3.84. The lowest BCUT2D eigenvalue weighted by molar-refractivity contribution is 0.474. The number of rotatable bonds is 2. The van der Waals surface area contributed by atoms with Crippen molar-refractivity contribution in [1.29, 1.82) is 0 Å². The molecule has 2 rings (SSSR count). The molecule has 0 atom stereocenters. The number of hydrogen-bond acceptors (Lipinski definition) is 2. The number of hydrogen-bond donors (Lipinski definition) is 1. The fraction of sp³-hybridized carbons (Fsp3) is 0. The Hall–Kier alpha value is -1.58. The summed E-state index contributed by atoms with van der Waals surface area (Å²) in [4.78, 5) is 4.09. The fourth-order valence-electron chi connectivity index (χ4n) is 1.34. The van der Waals surface area contributed by atoms with E-state index in [2.05, 4.69) is 4.99 Å². The molecule has 1 N–H and O–H groups in total. The summed E-state index contributed by atoms with van der Waals surface area (Å²) in [5.74, 6) is -0.433. The second-order valence-electron chi connectivity index (χ2n) is 3.56. The Labute approximate surface area is 113 Å². The molecule has 0 aliphatic carbocycles. The van der Waals surface area contributed by atoms with Gasteiger partial charge in [0, 0.05) is 16.8 Å². The highest BCUT2D eigenvalue weighted by atomic mass is 35.5. The molecule has 0 aromatic heterocycles. The molecule has 0 aliphatic rings. The lowest BCUT2D eigenvalue weighted by Gasteiger charge is -2.00. The summed E-state index contributed by atoms with van der Waals surface area (Å²) in [5.41, 5.74) is 0.962. The summed E-state index contributed by atoms with van der Waals surface area (Å²) in [6.45, 7) is 0. The van der Waals surface area contributed by atoms with E-state index in [0.29, 0.717) is 16.3 Å². The highest BCUT2D eigenvalue weighted by Crippen LogP contribution is 2.23. The zero-order valence-corrected chi connectivity index (χ0v) is 10.6. The van der Waals surface area contributed by atoms with Crippen LogP contribution in [0.1, 0.15) is 5.56 Å². The molecule has 0 saturated carbocycles. The predicted octanol–water partition coefficient (Wildman–Crippen LogP) is 4.59. The van der Waals surface area contributed by atoms with Gasteiger partial charge in [0.2, 0.25) is 0 Å². The average molecular weight is 284 g/mol. The molecule has 92 valence electrons. The molecule has 0 heterocycles. The first-order chi connectivity index (χ1) is 8.56. The first kappa shape index (κ1) is 12.9. The molecule has 0 fully saturated rings. The van der Waals surface area contributed by atoms with E-state index in [4.69, 9.17) is 23.2 Å². The Balaban J connectivity index is 2.29. The van der Waals surface area contributed by atoms with Crippen molar-refractivity contribution in [3.05, 3.63) is 57.8 Å². The molecule has 0 radical (unpaired) electrons. The van der Waals surface area contributed by atoms with Crippen molar-refractivity contribution in [1.82, 2.24) is 0 Å². The largest absolute Gasteiger partial charge is 0.507 e. The Morgan fingerprint density at radius 1 is 1.11 bits per heavy atom. The van der Waals surface area contributed by atoms with E-state index in [1.165, 1.54) is 30.5 Å². The third kappa shape index (κ3) is 3.00. The Bertz CT molecular complexity index is 614. The highest BCUT2D eigenvalue weighted by Gasteiger charge is 2.01. The van der Waals surface area contributed by atoms with Crippen LogP contribution in [0.2, 0.25) is 10.0 Å². The third-order valence-electron chi connectivity index (χ3n) is 2.25. The third-order valence-corrected chi connectivity index (χ3v) is 2.77. The average Bonchev–Trinajstić information content (AvgIpc) is 2.34. The van der Waals surface area contributed by atoms with Gasteiger partial charge in [-0.2, -0.15) is 0 Å². The first-order valence-electron chi connectivity index (χ1n) is 5.04. The van der Waals surface area contributed by atoms with Crippen LogP contribution in [0.15, 0.2) is 41.4 Å². The van der Waals surface area contributed by atoms with Crippen molar-refractivity contribution < 1.29 is 9.50 Å². The zero-order valence-electron chi connectivity index (χ0n) is 9.07. The van der Waals surface area contributed by atoms with Gasteiger partial charge in [-0.3, -0.25) is 4.99 Å². The number of nitrogens with zero attached hydrogens (tertiary/aromatic N) is 1. The maximum absolute atomic E-state index is 12.9. The van der Waals surface area contributed by atoms with Crippen LogP contribution in [0.5, 0.6) is 5.75 Å². The molecular formula is C13H8Cl2FNO. The van der Waals surface area contributed by atoms with Gasteiger partial charge in [0.25, 0.3) is 0 Å². The normalized spacial score (nSPS) is 11.1. The summed E-state index contributed by atoms with van der Waals surface area (Å²) in [6.07, 6.45) is 1.44. The maximum atomic E-state index is 12.9. The van der Waals surface area contributed by atoms with Crippen LogP contribution in [-0.4, -0.2) is 11.3 Å². The van der Waals surface area contributed by atoms with E-state index >= 15 is 0 Å². The van der Waals surface area contributed by atoms with Gasteiger partial charge in [0.05, 0.1) is 10.7 Å². The summed E-state index contributed by atoms with van der Waals surface area (Å²) >= 11 is 11.4. The van der Waals surface area contributed by atoms with E-state index in [0.717, 1.165) is 0 Å². The van der Waals surface area contributed by atoms with Crippen LogP contribution in [0.3, 0.4) is 0 Å². The summed E-state index contributed by atoms with van der Waals surface area (Å²) < 4.78 is 12.9. The predicted molar refractivity (Wildman–Crippen MR) is 71.8 cm³/mol. The topological polar surface area (TPSA) is 32.6 Å². The molecule has 0 spiro atoms. The van der Waals surface area contributed by atoms with Crippen LogP contribution >= 0.6 is 23.2 Å². The van der Waals surface area contributed by atoms with Crippen LogP contribution in [0.4, 0.5) is 10.1 Å². The van der Waals surface area contributed by atoms with Gasteiger partial charge < -0.3 is 5.11 Å². The molecule has 2 nitrogen and oxygen atoms in total. The molecule has 0 unspecified atom stereocenters. The molecular weight excluding hydrogens is 276 g/mol. The van der Waals surface area contributed by atoms with Gasteiger partial charge in [-0.1, -0.05) is 23.2 Å². The summed E-state index contributed by atoms with van der Waals surface area (Å²) in [5, 5.41) is 10.1. The second-order valence-corrected chi connectivity index (χ2v) is 4.40. The second kappa shape index (κ2) is 5.38. The fourth-order valence-corrected chi connectivity index (χ4v) is 1.69. The van der Waals surface area contributed by atoms with Crippen molar-refractivity contribution in [3.63, 3.8) is 0 Å². The van der Waals surface area contributed by atoms with Crippen molar-refractivity contribution >= 4 is 35.1 Å². The Morgan fingerprint density at radius 3 is 2.61 bits per heavy atom. The Morgan fingerprint density at radius 2 is 1.89 bits per heavy atom. The zero-order chi connectivity index (χ0) is 13.1. The van der Waals surface area contributed by atoms with Crippen molar-refractivity contribution in [2.24, 2.45) is 4.99 Å². The molecule has 5 heteroatoms. The van der Waals surface area contributed by atoms with Gasteiger partial charge in [0.15, 0.2) is 0 Å². The molecule has 0 amide bonds. The minimum absolute atomic E-state index is 0.0000315. The van der Waals surface area contributed by atoms with Gasteiger partial charge >= 0.3 is 0 Å². The number of halogens is 3. The van der Waals surface area contributed by atoms with Gasteiger partial charge in [-0.15, -0.1) is 0 Å². The number of benzene rings is 2. The van der Waals surface area contributed by atoms with Crippen LogP contribution in [-0.2, 0) is 0 Å². The van der Waals surface area contributed by atoms with E-state index in [1.54, 1.807) is 12.1 Å². The monoisotopic (exact) mass is 283 g/mol. The van der Waals surface area contributed by atoms with Crippen LogP contribution in [0.25, 0.3) is 0 Å². The molecule has 18 heavy (non-hydrogen) atoms. The van der Waals surface area contributed by atoms with Crippen LogP contribution in [0, 0.1) is 5.82 Å². The lowest BCUT2D eigenvalue weighted by Crippen LogP contribution is -1.82. The number of aliphatic imine (C=N–C) groups is 1. The molecule has 0 saturated heterocycles. The first-order valence-corrected chi connectivity index (χ1v) is 5.79. The highest BCUT2D eigenvalue weighted by molar-refractivity contribution is 6.31. The SMILES string of the molecule is Oc1ccc(Cl)cc1/C=N/c1ccc(F)c(Cl)c1. The van der Waals surface area contributed by atoms with Crippen molar-refractivity contribution in [2.45, 2.75) is 0 Å². The smallest absolute Gasteiger partial charge is 0.141 e. The van der Waals surface area contributed by atoms with E-state index in [1.807, 2.05) is 0 Å². The van der Waals surface area contributed by atoms with E-state index < -0.39 is 5.82 Å². The van der Waals surface area contributed by atoms with Gasteiger partial charge in [0.1, 0.15) is 11.6 Å². The summed E-state index contributed by atoms with van der Waals surface area (Å²) in [6, 6.07) is 8.73. The minimum atomic E-state index is -0.499. The number of phenols is 1. The van der Waals surface area contributed by atoms with Crippen molar-refractivity contribution in [2.75, 3.05) is 0 Å². The quantitative estimate of drug-likeness (QED) is 0.804. The van der Waals surface area contributed by atoms with Crippen molar-refractivity contribution in [3.8, 4) is 5.75 Å². The molecule has 2 aromatic rings. The standard InChI is InChI=1S/C13H8Cl2FNO/c14-9-1-4-13(18)8(5-9)7-17-10-2-3-12(16)11(15)6-10/h1-7,18H/b17-7+. The number of phenolic OH excluding ortho intramolecular Hbond substituents is 1. The van der Waals surface area contributed by atoms with Crippen LogP contribution < -0.4 is 0 Å². The van der Waals surface area contributed by atoms with Gasteiger partial charge in [-0.25, -0.2) is 4.39 Å². The molecule has 2 aromatic carbocycles. The van der Waals surface area contributed by atoms with Gasteiger partial charge in [-0.05, 0) is 36.4 Å². The molecule has 0 aliphatic heterocycles.